The van der Waals surface area contributed by atoms with Crippen molar-refractivity contribution >= 4 is 11.6 Å². The molecule has 1 amide bonds. The van der Waals surface area contributed by atoms with Crippen molar-refractivity contribution in [3.63, 3.8) is 0 Å². The zero-order valence-corrected chi connectivity index (χ0v) is 10.9. The molecule has 0 aliphatic carbocycles. The summed E-state index contributed by atoms with van der Waals surface area (Å²) < 4.78 is 37.1. The largest absolute Gasteiger partial charge is 0.406 e. The summed E-state index contributed by atoms with van der Waals surface area (Å²) in [7, 11) is 0. The van der Waals surface area contributed by atoms with Crippen molar-refractivity contribution in [2.75, 3.05) is 18.4 Å². The second-order valence-corrected chi connectivity index (χ2v) is 4.45. The third kappa shape index (κ3) is 5.63. The predicted molar refractivity (Wildman–Crippen MR) is 67.8 cm³/mol. The number of carbonyl (C=O) groups is 1. The first kappa shape index (κ1) is 15.3. The molecule has 0 aliphatic rings. The summed E-state index contributed by atoms with van der Waals surface area (Å²) in [4.78, 5) is 12.6. The Labute approximate surface area is 110 Å². The Hall–Kier alpha value is -1.72. The van der Waals surface area contributed by atoms with Gasteiger partial charge in [-0.2, -0.15) is 13.2 Å². The third-order valence-electron chi connectivity index (χ3n) is 2.51. The fraction of sp³-hybridized carbons (Fsp3) is 0.462. The minimum absolute atomic E-state index is 0.154. The highest BCUT2D eigenvalue weighted by atomic mass is 19.4. The number of nitrogens with one attached hydrogen (secondary N) is 1. The van der Waals surface area contributed by atoms with E-state index >= 15 is 0 Å². The minimum atomic E-state index is -4.38. The number of carbonyl (C=O) groups excluding carboxylic acids is 1. The number of amides is 1. The Balaban J connectivity index is 2.58. The molecule has 1 rings (SSSR count). The number of nitrogens with zero attached hydrogens (tertiary/aromatic N) is 1. The molecular weight excluding hydrogens is 257 g/mol. The van der Waals surface area contributed by atoms with E-state index in [1.807, 2.05) is 6.07 Å². The van der Waals surface area contributed by atoms with E-state index in [-0.39, 0.29) is 6.54 Å². The molecule has 1 aromatic carbocycles. The van der Waals surface area contributed by atoms with Crippen molar-refractivity contribution in [1.82, 2.24) is 4.90 Å². The van der Waals surface area contributed by atoms with E-state index in [4.69, 9.17) is 0 Å². The highest BCUT2D eigenvalue weighted by molar-refractivity contribution is 5.81. The number of hydrogen-bond donors (Lipinski definition) is 1. The first-order valence-corrected chi connectivity index (χ1v) is 5.95. The molecule has 1 aromatic rings. The molecule has 1 N–H and O–H groups in total. The van der Waals surface area contributed by atoms with Gasteiger partial charge in [0.15, 0.2) is 0 Å². The molecule has 0 aromatic heterocycles. The first-order valence-electron chi connectivity index (χ1n) is 5.95. The summed E-state index contributed by atoms with van der Waals surface area (Å²) in [6, 6.07) is 8.38. The van der Waals surface area contributed by atoms with E-state index in [1.54, 1.807) is 38.1 Å². The van der Waals surface area contributed by atoms with Gasteiger partial charge in [0.2, 0.25) is 5.91 Å². The Morgan fingerprint density at radius 2 is 1.84 bits per heavy atom. The average Bonchev–Trinajstić information content (AvgIpc) is 2.33. The average molecular weight is 274 g/mol. The van der Waals surface area contributed by atoms with Gasteiger partial charge < -0.3 is 10.2 Å². The van der Waals surface area contributed by atoms with Gasteiger partial charge in [-0.15, -0.1) is 0 Å². The Bertz CT molecular complexity index is 404. The number of alkyl halides is 3. The Kier molecular flexibility index (Phi) is 5.20. The molecule has 0 heterocycles. The second-order valence-electron chi connectivity index (χ2n) is 4.45. The molecule has 0 saturated heterocycles. The van der Waals surface area contributed by atoms with Crippen molar-refractivity contribution in [2.24, 2.45) is 0 Å². The van der Waals surface area contributed by atoms with E-state index in [0.29, 0.717) is 5.69 Å². The molecule has 0 atom stereocenters. The van der Waals surface area contributed by atoms with Crippen LogP contribution in [0.3, 0.4) is 0 Å². The number of anilines is 1. The predicted octanol–water partition coefficient (Wildman–Crippen LogP) is 2.90. The number of benzene rings is 1. The van der Waals surface area contributed by atoms with E-state index in [9.17, 15) is 18.0 Å². The van der Waals surface area contributed by atoms with Gasteiger partial charge in [-0.3, -0.25) is 4.79 Å². The summed E-state index contributed by atoms with van der Waals surface area (Å²) in [5.41, 5.74) is 0.701. The van der Waals surface area contributed by atoms with Gasteiger partial charge in [0, 0.05) is 11.7 Å². The van der Waals surface area contributed by atoms with Crippen LogP contribution in [0.4, 0.5) is 18.9 Å². The van der Waals surface area contributed by atoms with Crippen LogP contribution in [0.15, 0.2) is 30.3 Å². The van der Waals surface area contributed by atoms with Crippen molar-refractivity contribution in [3.05, 3.63) is 30.3 Å². The summed E-state index contributed by atoms with van der Waals surface area (Å²) in [6.07, 6.45) is -4.38. The van der Waals surface area contributed by atoms with Crippen LogP contribution in [0.25, 0.3) is 0 Å². The summed E-state index contributed by atoms with van der Waals surface area (Å²) in [5.74, 6) is -0.573. The fourth-order valence-corrected chi connectivity index (χ4v) is 1.59. The van der Waals surface area contributed by atoms with E-state index in [0.717, 1.165) is 4.90 Å². The molecule has 0 aliphatic heterocycles. The quantitative estimate of drug-likeness (QED) is 0.895. The van der Waals surface area contributed by atoms with Crippen molar-refractivity contribution in [2.45, 2.75) is 26.1 Å². The van der Waals surface area contributed by atoms with Crippen molar-refractivity contribution < 1.29 is 18.0 Å². The van der Waals surface area contributed by atoms with Crippen LogP contribution in [-0.2, 0) is 4.79 Å². The molecule has 0 saturated carbocycles. The number of halogens is 3. The minimum Gasteiger partial charge on any atom is -0.376 e. The molecule has 0 unspecified atom stereocenters. The van der Waals surface area contributed by atoms with Gasteiger partial charge in [0.25, 0.3) is 0 Å². The first-order chi connectivity index (χ1) is 8.79. The number of rotatable bonds is 5. The molecule has 0 radical (unpaired) electrons. The van der Waals surface area contributed by atoms with E-state index in [1.165, 1.54) is 0 Å². The van der Waals surface area contributed by atoms with Gasteiger partial charge in [0.05, 0.1) is 6.54 Å². The van der Waals surface area contributed by atoms with Crippen molar-refractivity contribution in [3.8, 4) is 0 Å². The third-order valence-corrected chi connectivity index (χ3v) is 2.51. The standard InChI is InChI=1S/C13H17F3N2O/c1-10(2)18(9-13(14,15)16)12(19)8-17-11-6-4-3-5-7-11/h3-7,10,17H,8-9H2,1-2H3. The molecule has 6 heteroatoms. The van der Waals surface area contributed by atoms with Crippen LogP contribution in [0.2, 0.25) is 0 Å². The summed E-state index contributed by atoms with van der Waals surface area (Å²) >= 11 is 0. The zero-order valence-electron chi connectivity index (χ0n) is 10.9. The van der Waals surface area contributed by atoms with Crippen LogP contribution >= 0.6 is 0 Å². The maximum absolute atomic E-state index is 12.4. The summed E-state index contributed by atoms with van der Waals surface area (Å²) in [5, 5.41) is 2.81. The van der Waals surface area contributed by atoms with Gasteiger partial charge >= 0.3 is 6.18 Å². The van der Waals surface area contributed by atoms with E-state index < -0.39 is 24.7 Å². The molecule has 0 spiro atoms. The van der Waals surface area contributed by atoms with Crippen LogP contribution in [0.1, 0.15) is 13.8 Å². The molecule has 19 heavy (non-hydrogen) atoms. The SMILES string of the molecule is CC(C)N(CC(F)(F)F)C(=O)CNc1ccccc1. The molecule has 3 nitrogen and oxygen atoms in total. The van der Waals surface area contributed by atoms with Crippen LogP contribution in [-0.4, -0.2) is 36.1 Å². The van der Waals surface area contributed by atoms with Gasteiger partial charge in [0.1, 0.15) is 6.54 Å². The lowest BCUT2D eigenvalue weighted by Crippen LogP contribution is -2.45. The van der Waals surface area contributed by atoms with Crippen LogP contribution < -0.4 is 5.32 Å². The zero-order chi connectivity index (χ0) is 14.5. The monoisotopic (exact) mass is 274 g/mol. The highest BCUT2D eigenvalue weighted by Gasteiger charge is 2.33. The molecule has 0 bridgehead atoms. The van der Waals surface area contributed by atoms with Crippen LogP contribution in [0, 0.1) is 0 Å². The number of para-hydroxylation sites is 1. The smallest absolute Gasteiger partial charge is 0.376 e. The van der Waals surface area contributed by atoms with Gasteiger partial charge in [-0.25, -0.2) is 0 Å². The highest BCUT2D eigenvalue weighted by Crippen LogP contribution is 2.18. The molecule has 0 fully saturated rings. The van der Waals surface area contributed by atoms with Crippen molar-refractivity contribution in [1.29, 1.82) is 0 Å². The maximum Gasteiger partial charge on any atom is 0.406 e. The topological polar surface area (TPSA) is 32.3 Å². The second kappa shape index (κ2) is 6.45. The van der Waals surface area contributed by atoms with E-state index in [2.05, 4.69) is 5.32 Å². The fourth-order valence-electron chi connectivity index (χ4n) is 1.59. The summed E-state index contributed by atoms with van der Waals surface area (Å²) in [6.45, 7) is 1.75. The molecule has 106 valence electrons. The normalized spacial score (nSPS) is 11.5. The Morgan fingerprint density at radius 3 is 2.32 bits per heavy atom. The molecular formula is C13H17F3N2O. The number of hydrogen-bond acceptors (Lipinski definition) is 2. The van der Waals surface area contributed by atoms with Gasteiger partial charge in [-0.05, 0) is 26.0 Å². The maximum atomic E-state index is 12.4. The van der Waals surface area contributed by atoms with Gasteiger partial charge in [-0.1, -0.05) is 18.2 Å². The van der Waals surface area contributed by atoms with Crippen LogP contribution in [0.5, 0.6) is 0 Å². The lowest BCUT2D eigenvalue weighted by Gasteiger charge is -2.28. The lowest BCUT2D eigenvalue weighted by atomic mass is 10.3. The lowest BCUT2D eigenvalue weighted by molar-refractivity contribution is -0.163. The Morgan fingerprint density at radius 1 is 1.26 bits per heavy atom.